The summed E-state index contributed by atoms with van der Waals surface area (Å²) < 4.78 is 13.8. The molecule has 1 aliphatic heterocycles. The van der Waals surface area contributed by atoms with Gasteiger partial charge in [0.15, 0.2) is 23.5 Å². The van der Waals surface area contributed by atoms with E-state index in [0.717, 1.165) is 50.8 Å². The van der Waals surface area contributed by atoms with Crippen molar-refractivity contribution in [3.8, 4) is 0 Å². The van der Waals surface area contributed by atoms with Crippen LogP contribution in [-0.2, 0) is 19.1 Å². The minimum absolute atomic E-state index is 0.0350. The van der Waals surface area contributed by atoms with Crippen LogP contribution in [0.1, 0.15) is 85.5 Å². The summed E-state index contributed by atoms with van der Waals surface area (Å²) in [5.74, 6) is 1.07. The SMILES string of the molecule is CCN(CC)CC(=O)[C@@]12O[C@H](C3CCCCC3)O[C@@H]1C[C@H]1[C@@H]3CCC4=CC(=O)C=C[C@]4(C)[C@H]3[C@@H](O)C[C@@]12C. The van der Waals surface area contributed by atoms with Crippen LogP contribution in [0.3, 0.4) is 0 Å². The molecular weight excluding hydrogens is 478 g/mol. The van der Waals surface area contributed by atoms with Gasteiger partial charge in [0.2, 0.25) is 0 Å². The van der Waals surface area contributed by atoms with Crippen molar-refractivity contribution in [1.29, 1.82) is 0 Å². The summed E-state index contributed by atoms with van der Waals surface area (Å²) in [6.07, 6.45) is 13.4. The van der Waals surface area contributed by atoms with E-state index in [9.17, 15) is 14.7 Å². The van der Waals surface area contributed by atoms with E-state index in [2.05, 4.69) is 38.7 Å². The summed E-state index contributed by atoms with van der Waals surface area (Å²) in [5, 5.41) is 11.9. The molecule has 210 valence electrons. The van der Waals surface area contributed by atoms with Crippen molar-refractivity contribution in [1.82, 2.24) is 4.90 Å². The highest BCUT2D eigenvalue weighted by Crippen LogP contribution is 2.70. The molecular formula is C32H47NO5. The van der Waals surface area contributed by atoms with Gasteiger partial charge >= 0.3 is 0 Å². The van der Waals surface area contributed by atoms with Gasteiger partial charge in [0.05, 0.1) is 18.8 Å². The fraction of sp³-hybridized carbons (Fsp3) is 0.812. The normalized spacial score (nSPS) is 46.4. The van der Waals surface area contributed by atoms with Gasteiger partial charge in [-0.05, 0) is 75.6 Å². The Hall–Kier alpha value is -1.34. The standard InChI is InChI=1S/C32H47NO5/c1-5-33(6-2)19-26(36)32-27(37-29(38-32)20-10-8-7-9-11-20)17-24-23-13-12-21-16-22(34)14-15-30(21,3)28(23)25(35)18-31(24,32)4/h14-16,20,23-25,27-29,35H,5-13,17-19H2,1-4H3/t23-,24-,25-,27+,28+,29+,30-,31-,32+/m0/s1. The number of likely N-dealkylation sites (N-methyl/N-ethyl adjacent to an activating group) is 1. The molecule has 0 spiro atoms. The summed E-state index contributed by atoms with van der Waals surface area (Å²) in [7, 11) is 0. The Balaban J connectivity index is 1.37. The first kappa shape index (κ1) is 26.9. The van der Waals surface area contributed by atoms with Gasteiger partial charge in [0, 0.05) is 22.7 Å². The number of allylic oxidation sites excluding steroid dienone is 4. The molecule has 1 heterocycles. The lowest BCUT2D eigenvalue weighted by Gasteiger charge is -2.60. The summed E-state index contributed by atoms with van der Waals surface area (Å²) >= 11 is 0. The minimum atomic E-state index is -1.01. The first-order chi connectivity index (χ1) is 18.2. The zero-order valence-corrected chi connectivity index (χ0v) is 23.8. The van der Waals surface area contributed by atoms with E-state index in [1.807, 2.05) is 0 Å². The molecule has 5 aliphatic carbocycles. The second kappa shape index (κ2) is 9.64. The number of Topliss-reactive ketones (excluding diaryl/α,β-unsaturated/α-hetero) is 1. The molecule has 0 amide bonds. The summed E-state index contributed by atoms with van der Waals surface area (Å²) in [5.41, 5.74) is -0.661. The smallest absolute Gasteiger partial charge is 0.181 e. The Morgan fingerprint density at radius 1 is 1.13 bits per heavy atom. The maximum absolute atomic E-state index is 14.5. The Morgan fingerprint density at radius 2 is 1.87 bits per heavy atom. The maximum Gasteiger partial charge on any atom is 0.181 e. The molecule has 6 heteroatoms. The molecule has 6 nitrogen and oxygen atoms in total. The fourth-order valence-electron chi connectivity index (χ4n) is 9.98. The number of ketones is 2. The van der Waals surface area contributed by atoms with E-state index in [4.69, 9.17) is 9.47 Å². The molecule has 6 rings (SSSR count). The number of rotatable bonds is 6. The van der Waals surface area contributed by atoms with Crippen molar-refractivity contribution in [2.24, 2.45) is 34.5 Å². The van der Waals surface area contributed by atoms with Crippen LogP contribution in [0, 0.1) is 34.5 Å². The van der Waals surface area contributed by atoms with Gasteiger partial charge in [-0.1, -0.05) is 58.6 Å². The number of fused-ring (bicyclic) bond motifs is 7. The van der Waals surface area contributed by atoms with Crippen LogP contribution < -0.4 is 0 Å². The summed E-state index contributed by atoms with van der Waals surface area (Å²) in [6, 6.07) is 0. The number of carbonyl (C=O) groups is 2. The van der Waals surface area contributed by atoms with Crippen molar-refractivity contribution in [2.75, 3.05) is 19.6 Å². The van der Waals surface area contributed by atoms with Crippen LogP contribution in [0.15, 0.2) is 23.8 Å². The Kier molecular flexibility index (Phi) is 6.81. The lowest BCUT2D eigenvalue weighted by atomic mass is 9.46. The van der Waals surface area contributed by atoms with Crippen LogP contribution >= 0.6 is 0 Å². The molecule has 0 aromatic heterocycles. The minimum Gasteiger partial charge on any atom is -0.393 e. The molecule has 0 aromatic rings. The number of aliphatic hydroxyl groups is 1. The van der Waals surface area contributed by atoms with Gasteiger partial charge in [-0.3, -0.25) is 14.5 Å². The van der Waals surface area contributed by atoms with Crippen LogP contribution in [0.5, 0.6) is 0 Å². The van der Waals surface area contributed by atoms with E-state index in [1.54, 1.807) is 12.2 Å². The third-order valence-corrected chi connectivity index (χ3v) is 12.0. The molecule has 0 radical (unpaired) electrons. The Labute approximate surface area is 228 Å². The molecule has 9 atom stereocenters. The Bertz CT molecular complexity index is 1030. The molecule has 1 N–H and O–H groups in total. The zero-order valence-electron chi connectivity index (χ0n) is 23.8. The third kappa shape index (κ3) is 3.73. The molecule has 0 aromatic carbocycles. The van der Waals surface area contributed by atoms with Gasteiger partial charge < -0.3 is 14.6 Å². The lowest BCUT2D eigenvalue weighted by molar-refractivity contribution is -0.208. The molecule has 5 fully saturated rings. The van der Waals surface area contributed by atoms with Gasteiger partial charge in [0.25, 0.3) is 0 Å². The molecule has 38 heavy (non-hydrogen) atoms. The third-order valence-electron chi connectivity index (χ3n) is 12.0. The van der Waals surface area contributed by atoms with Gasteiger partial charge in [-0.25, -0.2) is 0 Å². The van der Waals surface area contributed by atoms with Crippen molar-refractivity contribution < 1.29 is 24.2 Å². The first-order valence-electron chi connectivity index (χ1n) is 15.4. The molecule has 6 aliphatic rings. The lowest BCUT2D eigenvalue weighted by Crippen LogP contribution is -2.64. The predicted octanol–water partition coefficient (Wildman–Crippen LogP) is 4.85. The highest BCUT2D eigenvalue weighted by atomic mass is 16.7. The molecule has 1 saturated heterocycles. The van der Waals surface area contributed by atoms with Crippen LogP contribution in [0.25, 0.3) is 0 Å². The highest BCUT2D eigenvalue weighted by molar-refractivity contribution is 6.01. The first-order valence-corrected chi connectivity index (χ1v) is 15.4. The zero-order chi connectivity index (χ0) is 26.9. The number of aliphatic hydroxyl groups excluding tert-OH is 1. The number of hydrogen-bond donors (Lipinski definition) is 1. The van der Waals surface area contributed by atoms with Crippen LogP contribution in [0.4, 0.5) is 0 Å². The maximum atomic E-state index is 14.5. The number of carbonyl (C=O) groups excluding carboxylic acids is 2. The number of nitrogens with zero attached hydrogens (tertiary/aromatic N) is 1. The quantitative estimate of drug-likeness (QED) is 0.535. The van der Waals surface area contributed by atoms with Crippen molar-refractivity contribution >= 4 is 11.6 Å². The van der Waals surface area contributed by atoms with E-state index in [1.165, 1.54) is 19.3 Å². The predicted molar refractivity (Wildman–Crippen MR) is 145 cm³/mol. The van der Waals surface area contributed by atoms with E-state index in [0.29, 0.717) is 18.9 Å². The van der Waals surface area contributed by atoms with Gasteiger partial charge in [-0.15, -0.1) is 0 Å². The van der Waals surface area contributed by atoms with Crippen LogP contribution in [0.2, 0.25) is 0 Å². The average Bonchev–Trinajstić information content (AvgIpc) is 3.41. The number of ether oxygens (including phenoxy) is 2. The monoisotopic (exact) mass is 525 g/mol. The average molecular weight is 526 g/mol. The van der Waals surface area contributed by atoms with E-state index in [-0.39, 0.29) is 47.1 Å². The highest BCUT2D eigenvalue weighted by Gasteiger charge is 2.76. The van der Waals surface area contributed by atoms with Crippen molar-refractivity contribution in [2.45, 2.75) is 110 Å². The van der Waals surface area contributed by atoms with Gasteiger partial charge in [0.1, 0.15) is 0 Å². The molecule has 4 saturated carbocycles. The molecule has 0 unspecified atom stereocenters. The van der Waals surface area contributed by atoms with Crippen molar-refractivity contribution in [3.05, 3.63) is 23.8 Å². The topological polar surface area (TPSA) is 76.1 Å². The van der Waals surface area contributed by atoms with Crippen LogP contribution in [-0.4, -0.2) is 65.3 Å². The summed E-state index contributed by atoms with van der Waals surface area (Å²) in [4.78, 5) is 28.8. The Morgan fingerprint density at radius 3 is 2.58 bits per heavy atom. The second-order valence-electron chi connectivity index (χ2n) is 13.6. The van der Waals surface area contributed by atoms with Crippen molar-refractivity contribution in [3.63, 3.8) is 0 Å². The van der Waals surface area contributed by atoms with Gasteiger partial charge in [-0.2, -0.15) is 0 Å². The fourth-order valence-corrected chi connectivity index (χ4v) is 9.98. The van der Waals surface area contributed by atoms with E-state index < -0.39 is 17.1 Å². The molecule has 0 bridgehead atoms. The number of hydrogen-bond acceptors (Lipinski definition) is 6. The van der Waals surface area contributed by atoms with E-state index >= 15 is 0 Å². The largest absolute Gasteiger partial charge is 0.393 e. The second-order valence-corrected chi connectivity index (χ2v) is 13.6. The summed E-state index contributed by atoms with van der Waals surface area (Å²) in [6.45, 7) is 10.7.